The molecule has 0 aliphatic rings. The number of aliphatic hydroxyl groups is 1. The molecule has 6 nitrogen and oxygen atoms in total. The van der Waals surface area contributed by atoms with E-state index in [2.05, 4.69) is 20.4 Å². The van der Waals surface area contributed by atoms with Crippen LogP contribution in [0.1, 0.15) is 0 Å². The van der Waals surface area contributed by atoms with Gasteiger partial charge >= 0.3 is 0 Å². The number of halogens is 1. The quantitative estimate of drug-likeness (QED) is 0.791. The summed E-state index contributed by atoms with van der Waals surface area (Å²) in [5.74, 6) is -0.188. The molecule has 2 aromatic heterocycles. The van der Waals surface area contributed by atoms with Crippen molar-refractivity contribution >= 4 is 11.6 Å². The van der Waals surface area contributed by atoms with Gasteiger partial charge in [0.15, 0.2) is 5.82 Å². The second-order valence-corrected chi connectivity index (χ2v) is 3.07. The Kier molecular flexibility index (Phi) is 3.06. The summed E-state index contributed by atoms with van der Waals surface area (Å²) in [4.78, 5) is 7.49. The molecule has 0 unspecified atom stereocenters. The van der Waals surface area contributed by atoms with E-state index in [9.17, 15) is 4.39 Å². The van der Waals surface area contributed by atoms with Gasteiger partial charge < -0.3 is 10.4 Å². The van der Waals surface area contributed by atoms with Crippen LogP contribution < -0.4 is 5.32 Å². The van der Waals surface area contributed by atoms with Crippen molar-refractivity contribution in [2.45, 2.75) is 6.54 Å². The molecule has 0 spiro atoms. The highest BCUT2D eigenvalue weighted by Gasteiger charge is 2.01. The Bertz CT molecular complexity index is 455. The molecule has 0 amide bonds. The highest BCUT2D eigenvalue weighted by molar-refractivity contribution is 5.49. The third-order valence-corrected chi connectivity index (χ3v) is 1.84. The monoisotopic (exact) mass is 223 g/mol. The lowest BCUT2D eigenvalue weighted by Gasteiger charge is -1.99. The van der Waals surface area contributed by atoms with E-state index in [-0.39, 0.29) is 6.61 Å². The van der Waals surface area contributed by atoms with Crippen molar-refractivity contribution in [2.24, 2.45) is 0 Å². The normalized spacial score (nSPS) is 10.4. The molecule has 2 N–H and O–H groups in total. The topological polar surface area (TPSA) is 75.9 Å². The molecule has 0 aliphatic heterocycles. The zero-order valence-corrected chi connectivity index (χ0v) is 8.34. The SMILES string of the molecule is OCCn1cc(Nc2ncc(F)cn2)cn1. The van der Waals surface area contributed by atoms with Crippen molar-refractivity contribution < 1.29 is 9.50 Å². The number of aromatic nitrogens is 4. The summed E-state index contributed by atoms with van der Waals surface area (Å²) in [7, 11) is 0. The average Bonchev–Trinajstić information content (AvgIpc) is 2.70. The molecule has 84 valence electrons. The van der Waals surface area contributed by atoms with Crippen LogP contribution in [0.3, 0.4) is 0 Å². The van der Waals surface area contributed by atoms with E-state index >= 15 is 0 Å². The fourth-order valence-corrected chi connectivity index (χ4v) is 1.16. The largest absolute Gasteiger partial charge is 0.394 e. The van der Waals surface area contributed by atoms with Gasteiger partial charge in [0.2, 0.25) is 5.95 Å². The van der Waals surface area contributed by atoms with E-state index in [1.165, 1.54) is 0 Å². The van der Waals surface area contributed by atoms with Gasteiger partial charge in [0.05, 0.1) is 37.4 Å². The van der Waals surface area contributed by atoms with Gasteiger partial charge in [-0.2, -0.15) is 5.10 Å². The van der Waals surface area contributed by atoms with Crippen LogP contribution in [0.5, 0.6) is 0 Å². The van der Waals surface area contributed by atoms with E-state index in [4.69, 9.17) is 5.11 Å². The van der Waals surface area contributed by atoms with Gasteiger partial charge in [-0.25, -0.2) is 14.4 Å². The molecule has 0 radical (unpaired) electrons. The van der Waals surface area contributed by atoms with E-state index in [0.29, 0.717) is 18.2 Å². The fraction of sp³-hybridized carbons (Fsp3) is 0.222. The molecule has 0 aliphatic carbocycles. The lowest BCUT2D eigenvalue weighted by Crippen LogP contribution is -2.01. The average molecular weight is 223 g/mol. The Morgan fingerprint density at radius 3 is 2.75 bits per heavy atom. The molecule has 7 heteroatoms. The Labute approximate surface area is 90.8 Å². The van der Waals surface area contributed by atoms with Crippen molar-refractivity contribution in [3.63, 3.8) is 0 Å². The van der Waals surface area contributed by atoms with Crippen LogP contribution in [0.4, 0.5) is 16.0 Å². The van der Waals surface area contributed by atoms with Gasteiger partial charge in [-0.15, -0.1) is 0 Å². The number of hydrogen-bond donors (Lipinski definition) is 2. The van der Waals surface area contributed by atoms with Crippen molar-refractivity contribution in [3.05, 3.63) is 30.6 Å². The minimum atomic E-state index is -0.485. The maximum atomic E-state index is 12.5. The third-order valence-electron chi connectivity index (χ3n) is 1.84. The summed E-state index contributed by atoms with van der Waals surface area (Å²) in [6, 6.07) is 0. The Balaban J connectivity index is 2.05. The smallest absolute Gasteiger partial charge is 0.227 e. The van der Waals surface area contributed by atoms with Gasteiger partial charge in [-0.05, 0) is 0 Å². The van der Waals surface area contributed by atoms with Crippen molar-refractivity contribution in [3.8, 4) is 0 Å². The Morgan fingerprint density at radius 1 is 1.31 bits per heavy atom. The zero-order chi connectivity index (χ0) is 11.4. The lowest BCUT2D eigenvalue weighted by molar-refractivity contribution is 0.269. The third kappa shape index (κ3) is 2.51. The lowest BCUT2D eigenvalue weighted by atomic mass is 10.5. The second-order valence-electron chi connectivity index (χ2n) is 3.07. The van der Waals surface area contributed by atoms with Crippen LogP contribution in [-0.2, 0) is 6.54 Å². The maximum absolute atomic E-state index is 12.5. The summed E-state index contributed by atoms with van der Waals surface area (Å²) in [5.41, 5.74) is 0.681. The summed E-state index contributed by atoms with van der Waals surface area (Å²) >= 11 is 0. The van der Waals surface area contributed by atoms with Crippen LogP contribution >= 0.6 is 0 Å². The number of nitrogens with zero attached hydrogens (tertiary/aromatic N) is 4. The first-order valence-corrected chi connectivity index (χ1v) is 4.66. The summed E-state index contributed by atoms with van der Waals surface area (Å²) in [6.07, 6.45) is 5.42. The molecule has 0 fully saturated rings. The van der Waals surface area contributed by atoms with Crippen molar-refractivity contribution in [1.82, 2.24) is 19.7 Å². The highest BCUT2D eigenvalue weighted by Crippen LogP contribution is 2.10. The molecule has 0 saturated heterocycles. The maximum Gasteiger partial charge on any atom is 0.227 e. The Morgan fingerprint density at radius 2 is 2.06 bits per heavy atom. The van der Waals surface area contributed by atoms with Gasteiger partial charge in [0, 0.05) is 6.20 Å². The van der Waals surface area contributed by atoms with Crippen molar-refractivity contribution in [1.29, 1.82) is 0 Å². The van der Waals surface area contributed by atoms with Crippen LogP contribution in [-0.4, -0.2) is 31.5 Å². The first kappa shape index (κ1) is 10.5. The number of rotatable bonds is 4. The molecule has 0 aromatic carbocycles. The number of nitrogens with one attached hydrogen (secondary N) is 1. The molecule has 0 bridgehead atoms. The van der Waals surface area contributed by atoms with Crippen LogP contribution in [0.2, 0.25) is 0 Å². The van der Waals surface area contributed by atoms with Crippen LogP contribution in [0, 0.1) is 5.82 Å². The van der Waals surface area contributed by atoms with E-state index in [1.807, 2.05) is 0 Å². The van der Waals surface area contributed by atoms with Crippen molar-refractivity contribution in [2.75, 3.05) is 11.9 Å². The highest BCUT2D eigenvalue weighted by atomic mass is 19.1. The molecule has 0 saturated carbocycles. The fourth-order valence-electron chi connectivity index (χ4n) is 1.16. The van der Waals surface area contributed by atoms with E-state index < -0.39 is 5.82 Å². The van der Waals surface area contributed by atoms with E-state index in [0.717, 1.165) is 12.4 Å². The van der Waals surface area contributed by atoms with Crippen LogP contribution in [0.15, 0.2) is 24.8 Å². The number of aliphatic hydroxyl groups excluding tert-OH is 1. The summed E-state index contributed by atoms with van der Waals surface area (Å²) < 4.78 is 14.1. The predicted octanol–water partition coefficient (Wildman–Crippen LogP) is 0.548. The molecule has 16 heavy (non-hydrogen) atoms. The summed E-state index contributed by atoms with van der Waals surface area (Å²) in [6.45, 7) is 0.445. The minimum absolute atomic E-state index is 0.0220. The number of anilines is 2. The molecular weight excluding hydrogens is 213 g/mol. The molecule has 2 rings (SSSR count). The second kappa shape index (κ2) is 4.67. The molecule has 0 atom stereocenters. The molecular formula is C9H10FN5O. The first-order chi connectivity index (χ1) is 7.78. The summed E-state index contributed by atoms with van der Waals surface area (Å²) in [5, 5.41) is 15.5. The van der Waals surface area contributed by atoms with E-state index in [1.54, 1.807) is 17.1 Å². The molecule has 2 heterocycles. The minimum Gasteiger partial charge on any atom is -0.394 e. The zero-order valence-electron chi connectivity index (χ0n) is 8.34. The first-order valence-electron chi connectivity index (χ1n) is 4.66. The molecule has 2 aromatic rings. The van der Waals surface area contributed by atoms with Gasteiger partial charge in [0.1, 0.15) is 0 Å². The number of hydrogen-bond acceptors (Lipinski definition) is 5. The standard InChI is InChI=1S/C9H10FN5O/c10-7-3-11-9(12-4-7)14-8-5-13-15(6-8)1-2-16/h3-6,16H,1-2H2,(H,11,12,14). The predicted molar refractivity (Wildman–Crippen MR) is 54.6 cm³/mol. The van der Waals surface area contributed by atoms with Crippen LogP contribution in [0.25, 0.3) is 0 Å². The van der Waals surface area contributed by atoms with Gasteiger partial charge in [0.25, 0.3) is 0 Å². The Hall–Kier alpha value is -2.02. The van der Waals surface area contributed by atoms with Gasteiger partial charge in [-0.3, -0.25) is 4.68 Å². The van der Waals surface area contributed by atoms with Gasteiger partial charge in [-0.1, -0.05) is 0 Å².